The van der Waals surface area contributed by atoms with E-state index in [1.54, 1.807) is 0 Å². The lowest BCUT2D eigenvalue weighted by molar-refractivity contribution is -0.137. The van der Waals surface area contributed by atoms with Crippen LogP contribution in [-0.2, 0) is 10.9 Å². The van der Waals surface area contributed by atoms with E-state index in [2.05, 4.69) is 15.7 Å². The molecule has 0 amide bonds. The fourth-order valence-electron chi connectivity index (χ4n) is 2.11. The zero-order valence-corrected chi connectivity index (χ0v) is 11.0. The lowest BCUT2D eigenvalue weighted by Crippen LogP contribution is -2.32. The van der Waals surface area contributed by atoms with Crippen molar-refractivity contribution in [3.05, 3.63) is 17.7 Å². The molecule has 1 unspecified atom stereocenters. The van der Waals surface area contributed by atoms with Crippen LogP contribution in [0.5, 0.6) is 0 Å². The third kappa shape index (κ3) is 3.51. The molecular formula is C12H17F3N4O. The van der Waals surface area contributed by atoms with Crippen molar-refractivity contribution in [3.8, 4) is 0 Å². The molecule has 1 atom stereocenters. The molecule has 2 heterocycles. The van der Waals surface area contributed by atoms with Crippen LogP contribution in [0.4, 0.5) is 24.8 Å². The Kier molecular flexibility index (Phi) is 4.05. The lowest BCUT2D eigenvalue weighted by Gasteiger charge is -2.24. The Balaban J connectivity index is 2.14. The summed E-state index contributed by atoms with van der Waals surface area (Å²) in [6, 6.07) is 1.82. The third-order valence-electron chi connectivity index (χ3n) is 3.24. The summed E-state index contributed by atoms with van der Waals surface area (Å²) in [4.78, 5) is 3.95. The first-order valence-corrected chi connectivity index (χ1v) is 6.26. The van der Waals surface area contributed by atoms with E-state index in [1.807, 2.05) is 6.92 Å². The van der Waals surface area contributed by atoms with E-state index >= 15 is 0 Å². The van der Waals surface area contributed by atoms with Gasteiger partial charge in [-0.3, -0.25) is 0 Å². The third-order valence-corrected chi connectivity index (χ3v) is 3.24. The smallest absolute Gasteiger partial charge is 0.373 e. The molecule has 0 saturated carbocycles. The van der Waals surface area contributed by atoms with Gasteiger partial charge in [0.05, 0.1) is 11.2 Å². The summed E-state index contributed by atoms with van der Waals surface area (Å²) in [6.07, 6.45) is -2.64. The predicted molar refractivity (Wildman–Crippen MR) is 69.1 cm³/mol. The number of nitrogen functional groups attached to an aromatic ring is 1. The normalized spacial score (nSPS) is 22.9. The number of hydrogen-bond acceptors (Lipinski definition) is 5. The minimum Gasteiger partial charge on any atom is -0.373 e. The van der Waals surface area contributed by atoms with E-state index in [0.717, 1.165) is 25.0 Å². The van der Waals surface area contributed by atoms with Crippen LogP contribution in [0.2, 0.25) is 0 Å². The van der Waals surface area contributed by atoms with Gasteiger partial charge in [-0.2, -0.15) is 13.2 Å². The van der Waals surface area contributed by atoms with Gasteiger partial charge >= 0.3 is 6.18 Å². The van der Waals surface area contributed by atoms with E-state index in [9.17, 15) is 13.2 Å². The molecule has 0 bridgehead atoms. The maximum atomic E-state index is 12.8. The average molecular weight is 290 g/mol. The molecule has 5 nitrogen and oxygen atoms in total. The molecule has 0 aromatic carbocycles. The number of alkyl halides is 3. The maximum Gasteiger partial charge on any atom is 0.416 e. The summed E-state index contributed by atoms with van der Waals surface area (Å²) in [5.74, 6) is 5.22. The van der Waals surface area contributed by atoms with Crippen LogP contribution < -0.4 is 16.6 Å². The van der Waals surface area contributed by atoms with Crippen LogP contribution >= 0.6 is 0 Å². The lowest BCUT2D eigenvalue weighted by atomic mass is 10.0. The van der Waals surface area contributed by atoms with Crippen LogP contribution in [0.25, 0.3) is 0 Å². The highest BCUT2D eigenvalue weighted by molar-refractivity contribution is 5.49. The van der Waals surface area contributed by atoms with Gasteiger partial charge in [0.1, 0.15) is 11.6 Å². The number of nitrogens with two attached hydrogens (primary N) is 1. The molecule has 2 rings (SSSR count). The Morgan fingerprint density at radius 3 is 2.65 bits per heavy atom. The highest BCUT2D eigenvalue weighted by atomic mass is 19.4. The van der Waals surface area contributed by atoms with Crippen LogP contribution in [0.15, 0.2) is 12.1 Å². The topological polar surface area (TPSA) is 72.2 Å². The molecule has 1 aromatic rings. The summed E-state index contributed by atoms with van der Waals surface area (Å²) in [6.45, 7) is 2.98. The molecule has 0 radical (unpaired) electrons. The Bertz CT molecular complexity index is 472. The molecule has 1 fully saturated rings. The molecule has 112 valence electrons. The highest BCUT2D eigenvalue weighted by Gasteiger charge is 2.33. The van der Waals surface area contributed by atoms with Gasteiger partial charge in [-0.1, -0.05) is 0 Å². The number of hydrogen-bond donors (Lipinski definition) is 3. The van der Waals surface area contributed by atoms with Crippen molar-refractivity contribution in [2.75, 3.05) is 23.9 Å². The molecule has 1 aliphatic rings. The Morgan fingerprint density at radius 1 is 1.40 bits per heavy atom. The first-order chi connectivity index (χ1) is 9.32. The van der Waals surface area contributed by atoms with Crippen molar-refractivity contribution in [2.24, 2.45) is 5.84 Å². The largest absolute Gasteiger partial charge is 0.416 e. The molecule has 0 aliphatic carbocycles. The standard InChI is InChI=1S/C12H17F3N4O/c1-11(3-2-4-20-11)7-17-9-5-8(12(13,14)15)6-10(18-9)19-16/h5-6H,2-4,7,16H2,1H3,(H2,17,18,19). The van der Waals surface area contributed by atoms with Gasteiger partial charge in [0.25, 0.3) is 0 Å². The van der Waals surface area contributed by atoms with Crippen molar-refractivity contribution in [1.29, 1.82) is 0 Å². The second-order valence-corrected chi connectivity index (χ2v) is 5.02. The van der Waals surface area contributed by atoms with E-state index < -0.39 is 11.7 Å². The predicted octanol–water partition coefficient (Wildman–Crippen LogP) is 2.37. The zero-order chi connectivity index (χ0) is 14.8. The molecular weight excluding hydrogens is 273 g/mol. The summed E-state index contributed by atoms with van der Waals surface area (Å²) < 4.78 is 43.8. The van der Waals surface area contributed by atoms with Crippen LogP contribution in [0, 0.1) is 0 Å². The van der Waals surface area contributed by atoms with Gasteiger partial charge in [-0.15, -0.1) is 0 Å². The first-order valence-electron chi connectivity index (χ1n) is 6.26. The monoisotopic (exact) mass is 290 g/mol. The van der Waals surface area contributed by atoms with Crippen LogP contribution in [-0.4, -0.2) is 23.7 Å². The van der Waals surface area contributed by atoms with Crippen molar-refractivity contribution >= 4 is 11.6 Å². The summed E-state index contributed by atoms with van der Waals surface area (Å²) in [7, 11) is 0. The van der Waals surface area contributed by atoms with E-state index in [4.69, 9.17) is 10.6 Å². The van der Waals surface area contributed by atoms with Crippen molar-refractivity contribution in [2.45, 2.75) is 31.5 Å². The minimum absolute atomic E-state index is 0.0418. The molecule has 0 spiro atoms. The Morgan fingerprint density at radius 2 is 2.10 bits per heavy atom. The summed E-state index contributed by atoms with van der Waals surface area (Å²) in [5, 5.41) is 2.88. The fourth-order valence-corrected chi connectivity index (χ4v) is 2.11. The maximum absolute atomic E-state index is 12.8. The number of ether oxygens (including phenoxy) is 1. The van der Waals surface area contributed by atoms with E-state index in [0.29, 0.717) is 13.2 Å². The molecule has 8 heteroatoms. The van der Waals surface area contributed by atoms with E-state index in [-0.39, 0.29) is 17.2 Å². The first kappa shape index (κ1) is 14.9. The zero-order valence-electron chi connectivity index (χ0n) is 11.0. The number of nitrogens with one attached hydrogen (secondary N) is 2. The number of aromatic nitrogens is 1. The number of nitrogens with zero attached hydrogens (tertiary/aromatic N) is 1. The van der Waals surface area contributed by atoms with Gasteiger partial charge in [0, 0.05) is 13.2 Å². The second-order valence-electron chi connectivity index (χ2n) is 5.02. The Hall–Kier alpha value is -1.54. The van der Waals surface area contributed by atoms with Gasteiger partial charge in [-0.05, 0) is 31.9 Å². The SMILES string of the molecule is CC1(CNc2cc(C(F)(F)F)cc(NN)n2)CCCO1. The van der Waals surface area contributed by atoms with Crippen molar-refractivity contribution in [3.63, 3.8) is 0 Å². The number of anilines is 2. The van der Waals surface area contributed by atoms with Gasteiger partial charge in [0.2, 0.25) is 0 Å². The van der Waals surface area contributed by atoms with Crippen molar-refractivity contribution in [1.82, 2.24) is 4.98 Å². The van der Waals surface area contributed by atoms with Crippen LogP contribution in [0.3, 0.4) is 0 Å². The van der Waals surface area contributed by atoms with E-state index in [1.165, 1.54) is 0 Å². The summed E-state index contributed by atoms with van der Waals surface area (Å²) >= 11 is 0. The van der Waals surface area contributed by atoms with Gasteiger partial charge < -0.3 is 15.5 Å². The quantitative estimate of drug-likeness (QED) is 0.586. The minimum atomic E-state index is -4.45. The van der Waals surface area contributed by atoms with Gasteiger partial charge in [-0.25, -0.2) is 10.8 Å². The highest BCUT2D eigenvalue weighted by Crippen LogP contribution is 2.32. The fraction of sp³-hybridized carbons (Fsp3) is 0.583. The molecule has 1 aromatic heterocycles. The molecule has 20 heavy (non-hydrogen) atoms. The Labute approximate surface area is 114 Å². The average Bonchev–Trinajstić information content (AvgIpc) is 2.82. The number of rotatable bonds is 4. The number of hydrazine groups is 1. The van der Waals surface area contributed by atoms with Crippen molar-refractivity contribution < 1.29 is 17.9 Å². The molecule has 1 saturated heterocycles. The molecule has 4 N–H and O–H groups in total. The number of halogens is 3. The number of pyridine rings is 1. The molecule has 1 aliphatic heterocycles. The second kappa shape index (κ2) is 5.45. The van der Waals surface area contributed by atoms with Gasteiger partial charge in [0.15, 0.2) is 0 Å². The summed E-state index contributed by atoms with van der Waals surface area (Å²) in [5.41, 5.74) is 0.961. The van der Waals surface area contributed by atoms with Crippen LogP contribution in [0.1, 0.15) is 25.3 Å².